The second-order valence-corrected chi connectivity index (χ2v) is 11.2. The Morgan fingerprint density at radius 3 is 2.50 bits per heavy atom. The highest BCUT2D eigenvalue weighted by atomic mass is 32.2. The number of benzene rings is 2. The number of nitrogen functional groups attached to an aromatic ring is 1. The summed E-state index contributed by atoms with van der Waals surface area (Å²) in [5.41, 5.74) is 6.12. The SMILES string of the molecule is CCc1ccc(S(=O)(=O)N2CCC(Nc3nc(N)c(C(=O)c4c(F)cccc4F)s3)CC2)cc1OC. The van der Waals surface area contributed by atoms with E-state index in [0.29, 0.717) is 23.7 Å². The summed E-state index contributed by atoms with van der Waals surface area (Å²) in [6.07, 6.45) is 1.71. The molecule has 3 N–H and O–H groups in total. The van der Waals surface area contributed by atoms with Gasteiger partial charge in [0, 0.05) is 25.2 Å². The van der Waals surface area contributed by atoms with Crippen molar-refractivity contribution in [2.45, 2.75) is 37.1 Å². The second kappa shape index (κ2) is 10.5. The van der Waals surface area contributed by atoms with Crippen molar-refractivity contribution >= 4 is 38.1 Å². The number of methoxy groups -OCH3 is 1. The van der Waals surface area contributed by atoms with Gasteiger partial charge in [0.1, 0.15) is 28.1 Å². The molecule has 1 aliphatic heterocycles. The molecule has 36 heavy (non-hydrogen) atoms. The number of thiazole rings is 1. The van der Waals surface area contributed by atoms with Gasteiger partial charge in [-0.05, 0) is 43.0 Å². The molecule has 2 aromatic carbocycles. The topological polar surface area (TPSA) is 115 Å². The third-order valence-electron chi connectivity index (χ3n) is 6.11. The summed E-state index contributed by atoms with van der Waals surface area (Å²) in [5, 5.41) is 3.50. The van der Waals surface area contributed by atoms with E-state index in [9.17, 15) is 22.0 Å². The van der Waals surface area contributed by atoms with Gasteiger partial charge in [-0.2, -0.15) is 4.31 Å². The van der Waals surface area contributed by atoms with Gasteiger partial charge in [0.15, 0.2) is 5.13 Å². The number of ether oxygens (including phenoxy) is 1. The molecule has 0 bridgehead atoms. The average Bonchev–Trinajstić information content (AvgIpc) is 3.23. The first-order chi connectivity index (χ1) is 17.1. The van der Waals surface area contributed by atoms with Crippen molar-refractivity contribution in [3.63, 3.8) is 0 Å². The lowest BCUT2D eigenvalue weighted by Crippen LogP contribution is -2.42. The van der Waals surface area contributed by atoms with Crippen LogP contribution >= 0.6 is 11.3 Å². The number of anilines is 2. The van der Waals surface area contributed by atoms with Crippen LogP contribution in [0.15, 0.2) is 41.3 Å². The Kier molecular flexibility index (Phi) is 7.57. The van der Waals surface area contributed by atoms with Crippen molar-refractivity contribution in [2.75, 3.05) is 31.2 Å². The minimum absolute atomic E-state index is 0.0639. The molecule has 1 aromatic heterocycles. The first-order valence-corrected chi connectivity index (χ1v) is 13.6. The van der Waals surface area contributed by atoms with E-state index >= 15 is 0 Å². The summed E-state index contributed by atoms with van der Waals surface area (Å²) in [5.74, 6) is -2.41. The van der Waals surface area contributed by atoms with Gasteiger partial charge in [-0.25, -0.2) is 22.2 Å². The molecule has 8 nitrogen and oxygen atoms in total. The molecule has 192 valence electrons. The Hall–Kier alpha value is -3.09. The zero-order valence-corrected chi connectivity index (χ0v) is 21.4. The average molecular weight is 537 g/mol. The van der Waals surface area contributed by atoms with Crippen molar-refractivity contribution in [1.29, 1.82) is 0 Å². The van der Waals surface area contributed by atoms with Crippen molar-refractivity contribution in [3.05, 3.63) is 64.0 Å². The molecule has 1 saturated heterocycles. The van der Waals surface area contributed by atoms with Crippen LogP contribution in [0.25, 0.3) is 0 Å². The van der Waals surface area contributed by atoms with E-state index < -0.39 is 33.0 Å². The Morgan fingerprint density at radius 1 is 1.22 bits per heavy atom. The smallest absolute Gasteiger partial charge is 0.243 e. The van der Waals surface area contributed by atoms with Crippen LogP contribution in [0.1, 0.15) is 40.6 Å². The summed E-state index contributed by atoms with van der Waals surface area (Å²) in [4.78, 5) is 16.9. The predicted octanol–water partition coefficient (Wildman–Crippen LogP) is 4.07. The maximum Gasteiger partial charge on any atom is 0.243 e. The fourth-order valence-electron chi connectivity index (χ4n) is 4.13. The molecule has 12 heteroatoms. The number of aromatic nitrogens is 1. The summed E-state index contributed by atoms with van der Waals surface area (Å²) in [6, 6.07) is 7.97. The van der Waals surface area contributed by atoms with Crippen LogP contribution in [0.4, 0.5) is 19.7 Å². The molecule has 4 rings (SSSR count). The number of nitrogens with zero attached hydrogens (tertiary/aromatic N) is 2. The Bertz CT molecular complexity index is 1370. The van der Waals surface area contributed by atoms with E-state index in [4.69, 9.17) is 10.5 Å². The summed E-state index contributed by atoms with van der Waals surface area (Å²) in [6.45, 7) is 2.53. The van der Waals surface area contributed by atoms with Crippen LogP contribution < -0.4 is 15.8 Å². The van der Waals surface area contributed by atoms with Crippen LogP contribution in [-0.2, 0) is 16.4 Å². The zero-order chi connectivity index (χ0) is 26.0. The molecule has 0 unspecified atom stereocenters. The molecule has 0 saturated carbocycles. The minimum atomic E-state index is -3.69. The molecule has 0 radical (unpaired) electrons. The van der Waals surface area contributed by atoms with E-state index in [1.807, 2.05) is 6.92 Å². The number of nitrogens with two attached hydrogens (primary N) is 1. The van der Waals surface area contributed by atoms with Crippen LogP contribution in [0.5, 0.6) is 5.75 Å². The number of rotatable bonds is 8. The molecule has 1 fully saturated rings. The van der Waals surface area contributed by atoms with Crippen LogP contribution in [0.2, 0.25) is 0 Å². The van der Waals surface area contributed by atoms with E-state index in [1.165, 1.54) is 17.5 Å². The number of hydrogen-bond acceptors (Lipinski definition) is 8. The third kappa shape index (κ3) is 5.06. The van der Waals surface area contributed by atoms with E-state index in [2.05, 4.69) is 10.3 Å². The number of piperidine rings is 1. The fourth-order valence-corrected chi connectivity index (χ4v) is 6.52. The molecule has 3 aromatic rings. The zero-order valence-electron chi connectivity index (χ0n) is 19.8. The summed E-state index contributed by atoms with van der Waals surface area (Å²) in [7, 11) is -2.18. The summed E-state index contributed by atoms with van der Waals surface area (Å²) >= 11 is 0.908. The van der Waals surface area contributed by atoms with Crippen molar-refractivity contribution in [3.8, 4) is 5.75 Å². The van der Waals surface area contributed by atoms with E-state index in [0.717, 1.165) is 35.5 Å². The highest BCUT2D eigenvalue weighted by Crippen LogP contribution is 2.32. The normalized spacial score (nSPS) is 15.1. The number of ketones is 1. The van der Waals surface area contributed by atoms with Crippen molar-refractivity contribution in [1.82, 2.24) is 9.29 Å². The van der Waals surface area contributed by atoms with Crippen LogP contribution in [0, 0.1) is 11.6 Å². The third-order valence-corrected chi connectivity index (χ3v) is 9.00. The molecular weight excluding hydrogens is 510 g/mol. The van der Waals surface area contributed by atoms with Gasteiger partial charge in [0.2, 0.25) is 15.8 Å². The van der Waals surface area contributed by atoms with Crippen LogP contribution in [-0.4, -0.2) is 49.7 Å². The molecule has 1 aliphatic rings. The first kappa shape index (κ1) is 26.0. The van der Waals surface area contributed by atoms with Gasteiger partial charge in [-0.15, -0.1) is 0 Å². The molecule has 2 heterocycles. The highest BCUT2D eigenvalue weighted by Gasteiger charge is 2.31. The van der Waals surface area contributed by atoms with Gasteiger partial charge < -0.3 is 15.8 Å². The fraction of sp³-hybridized carbons (Fsp3) is 0.333. The number of carbonyl (C=O) groups is 1. The second-order valence-electron chi connectivity index (χ2n) is 8.31. The first-order valence-electron chi connectivity index (χ1n) is 11.3. The van der Waals surface area contributed by atoms with Crippen molar-refractivity contribution in [2.24, 2.45) is 0 Å². The number of nitrogens with one attached hydrogen (secondary N) is 1. The van der Waals surface area contributed by atoms with Gasteiger partial charge in [0.25, 0.3) is 0 Å². The maximum atomic E-state index is 14.0. The summed E-state index contributed by atoms with van der Waals surface area (Å²) < 4.78 is 61.2. The number of carbonyl (C=O) groups excluding carboxylic acids is 1. The highest BCUT2D eigenvalue weighted by molar-refractivity contribution is 7.89. The lowest BCUT2D eigenvalue weighted by Gasteiger charge is -2.31. The van der Waals surface area contributed by atoms with Gasteiger partial charge in [0.05, 0.1) is 17.6 Å². The molecular formula is C24H26F2N4O4S2. The largest absolute Gasteiger partial charge is 0.496 e. The number of sulfonamides is 1. The van der Waals surface area contributed by atoms with Gasteiger partial charge in [-0.3, -0.25) is 4.79 Å². The number of aryl methyl sites for hydroxylation is 1. The molecule has 0 atom stereocenters. The molecule has 0 spiro atoms. The minimum Gasteiger partial charge on any atom is -0.496 e. The lowest BCUT2D eigenvalue weighted by molar-refractivity contribution is 0.103. The lowest BCUT2D eigenvalue weighted by atomic mass is 10.1. The predicted molar refractivity (Wildman–Crippen MR) is 134 cm³/mol. The maximum absolute atomic E-state index is 14.0. The van der Waals surface area contributed by atoms with Gasteiger partial charge >= 0.3 is 0 Å². The monoisotopic (exact) mass is 536 g/mol. The van der Waals surface area contributed by atoms with Crippen molar-refractivity contribution < 1.29 is 26.7 Å². The molecule has 0 amide bonds. The number of hydrogen-bond donors (Lipinski definition) is 2. The Labute approximate surface area is 212 Å². The van der Waals surface area contributed by atoms with E-state index in [1.54, 1.807) is 18.2 Å². The standard InChI is InChI=1S/C24H26F2N4O4S2/c1-3-14-7-8-16(13-19(14)34-2)36(32,33)30-11-9-15(10-12-30)28-24-29-23(27)22(35-24)21(31)20-17(25)5-4-6-18(20)26/h4-8,13,15H,3,9-12,27H2,1-2H3,(H,28,29). The van der Waals surface area contributed by atoms with Crippen LogP contribution in [0.3, 0.4) is 0 Å². The number of halogens is 2. The van der Waals surface area contributed by atoms with Gasteiger partial charge in [-0.1, -0.05) is 30.4 Å². The van der Waals surface area contributed by atoms with E-state index in [-0.39, 0.29) is 34.7 Å². The molecule has 0 aliphatic carbocycles. The Morgan fingerprint density at radius 2 is 1.89 bits per heavy atom. The quantitative estimate of drug-likeness (QED) is 0.417. The Balaban J connectivity index is 1.43.